The molecule has 6 heteroatoms. The highest BCUT2D eigenvalue weighted by Crippen LogP contribution is 2.11. The first-order chi connectivity index (χ1) is 11.5. The highest BCUT2D eigenvalue weighted by Gasteiger charge is 2.09. The summed E-state index contributed by atoms with van der Waals surface area (Å²) in [7, 11) is 1.33. The van der Waals surface area contributed by atoms with E-state index in [4.69, 9.17) is 12.2 Å². The van der Waals surface area contributed by atoms with Crippen LogP contribution in [0.2, 0.25) is 0 Å². The van der Waals surface area contributed by atoms with E-state index in [0.29, 0.717) is 11.3 Å². The molecule has 1 amide bonds. The number of esters is 1. The van der Waals surface area contributed by atoms with Crippen molar-refractivity contribution in [2.75, 3.05) is 12.4 Å². The van der Waals surface area contributed by atoms with Crippen LogP contribution in [0.3, 0.4) is 0 Å². The second-order valence-corrected chi connectivity index (χ2v) is 5.58. The molecule has 0 spiro atoms. The summed E-state index contributed by atoms with van der Waals surface area (Å²) >= 11 is 5.13. The van der Waals surface area contributed by atoms with E-state index in [0.717, 1.165) is 11.1 Å². The molecule has 0 bridgehead atoms. The van der Waals surface area contributed by atoms with Crippen molar-refractivity contribution in [3.05, 3.63) is 65.2 Å². The van der Waals surface area contributed by atoms with Gasteiger partial charge in [-0.25, -0.2) is 4.79 Å². The van der Waals surface area contributed by atoms with Crippen LogP contribution in [-0.2, 0) is 16.0 Å². The average molecular weight is 342 g/mol. The Hall–Kier alpha value is -2.73. The minimum atomic E-state index is -0.407. The molecule has 5 nitrogen and oxygen atoms in total. The zero-order valence-corrected chi connectivity index (χ0v) is 14.3. The molecule has 2 N–H and O–H groups in total. The van der Waals surface area contributed by atoms with Gasteiger partial charge in [0.25, 0.3) is 0 Å². The SMILES string of the molecule is COC(=O)c1ccc(NC(=S)NC(=O)Cc2ccccc2C)cc1. The first-order valence-electron chi connectivity index (χ1n) is 7.33. The molecule has 2 aromatic carbocycles. The third-order valence-corrected chi connectivity index (χ3v) is 3.63. The number of benzene rings is 2. The number of aryl methyl sites for hydroxylation is 1. The fourth-order valence-electron chi connectivity index (χ4n) is 2.12. The average Bonchev–Trinajstić information content (AvgIpc) is 2.56. The number of carbonyl (C=O) groups is 2. The maximum atomic E-state index is 12.0. The van der Waals surface area contributed by atoms with Gasteiger partial charge in [0.2, 0.25) is 5.91 Å². The molecule has 2 rings (SSSR count). The van der Waals surface area contributed by atoms with Gasteiger partial charge in [0.1, 0.15) is 0 Å². The van der Waals surface area contributed by atoms with Crippen LogP contribution in [0.5, 0.6) is 0 Å². The van der Waals surface area contributed by atoms with Gasteiger partial charge in [-0.1, -0.05) is 24.3 Å². The van der Waals surface area contributed by atoms with Crippen LogP contribution in [0, 0.1) is 6.92 Å². The van der Waals surface area contributed by atoms with Crippen LogP contribution in [0.4, 0.5) is 5.69 Å². The number of rotatable bonds is 4. The van der Waals surface area contributed by atoms with Crippen molar-refractivity contribution in [2.45, 2.75) is 13.3 Å². The van der Waals surface area contributed by atoms with Gasteiger partial charge in [-0.15, -0.1) is 0 Å². The second-order valence-electron chi connectivity index (χ2n) is 5.17. The number of methoxy groups -OCH3 is 1. The van der Waals surface area contributed by atoms with Crippen LogP contribution in [0.15, 0.2) is 48.5 Å². The molecule has 0 radical (unpaired) electrons. The molecule has 2 aromatic rings. The quantitative estimate of drug-likeness (QED) is 0.661. The van der Waals surface area contributed by atoms with Gasteiger partial charge in [-0.2, -0.15) is 0 Å². The van der Waals surface area contributed by atoms with Gasteiger partial charge >= 0.3 is 5.97 Å². The fourth-order valence-corrected chi connectivity index (χ4v) is 2.35. The standard InChI is InChI=1S/C18H18N2O3S/c1-12-5-3-4-6-14(12)11-16(21)20-18(24)19-15-9-7-13(8-10-15)17(22)23-2/h3-10H,11H2,1-2H3,(H2,19,20,21,24). The van der Waals surface area contributed by atoms with Crippen LogP contribution in [0.1, 0.15) is 21.5 Å². The first kappa shape index (κ1) is 17.6. The predicted octanol–water partition coefficient (Wildman–Crippen LogP) is 2.84. The van der Waals surface area contributed by atoms with Crippen molar-refractivity contribution < 1.29 is 14.3 Å². The molecule has 0 heterocycles. The summed E-state index contributed by atoms with van der Waals surface area (Å²) in [5, 5.41) is 5.75. The molecule has 0 atom stereocenters. The lowest BCUT2D eigenvalue weighted by Crippen LogP contribution is -2.35. The van der Waals surface area contributed by atoms with Crippen molar-refractivity contribution in [1.29, 1.82) is 0 Å². The number of ether oxygens (including phenoxy) is 1. The summed E-state index contributed by atoms with van der Waals surface area (Å²) in [6.07, 6.45) is 0.260. The zero-order valence-electron chi connectivity index (χ0n) is 13.5. The Morgan fingerprint density at radius 3 is 2.38 bits per heavy atom. The molecule has 0 saturated heterocycles. The van der Waals surface area contributed by atoms with Gasteiger partial charge in [0, 0.05) is 5.69 Å². The summed E-state index contributed by atoms with van der Waals surface area (Å²) in [6, 6.07) is 14.3. The third-order valence-electron chi connectivity index (χ3n) is 3.43. The van der Waals surface area contributed by atoms with Crippen LogP contribution >= 0.6 is 12.2 Å². The topological polar surface area (TPSA) is 67.4 Å². The third kappa shape index (κ3) is 4.89. The Bertz CT molecular complexity index is 757. The Morgan fingerprint density at radius 2 is 1.75 bits per heavy atom. The Balaban J connectivity index is 1.89. The molecule has 0 fully saturated rings. The van der Waals surface area contributed by atoms with E-state index in [2.05, 4.69) is 15.4 Å². The number of thiocarbonyl (C=S) groups is 1. The number of amides is 1. The second kappa shape index (κ2) is 8.21. The highest BCUT2D eigenvalue weighted by atomic mass is 32.1. The van der Waals surface area contributed by atoms with E-state index in [-0.39, 0.29) is 17.4 Å². The summed E-state index contributed by atoms with van der Waals surface area (Å²) in [6.45, 7) is 1.96. The lowest BCUT2D eigenvalue weighted by atomic mass is 10.1. The van der Waals surface area contributed by atoms with Crippen molar-refractivity contribution in [3.8, 4) is 0 Å². The van der Waals surface area contributed by atoms with Gasteiger partial charge < -0.3 is 15.4 Å². The normalized spacial score (nSPS) is 9.92. The van der Waals surface area contributed by atoms with Crippen molar-refractivity contribution >= 4 is 34.9 Å². The molecule has 0 saturated carbocycles. The van der Waals surface area contributed by atoms with E-state index in [1.807, 2.05) is 31.2 Å². The maximum Gasteiger partial charge on any atom is 0.337 e. The van der Waals surface area contributed by atoms with E-state index >= 15 is 0 Å². The summed E-state index contributed by atoms with van der Waals surface area (Å²) in [5.74, 6) is -0.594. The molecule has 0 aliphatic carbocycles. The van der Waals surface area contributed by atoms with Gasteiger partial charge in [-0.05, 0) is 54.5 Å². The first-order valence-corrected chi connectivity index (χ1v) is 7.74. The van der Waals surface area contributed by atoms with Gasteiger partial charge in [0.15, 0.2) is 5.11 Å². The lowest BCUT2D eigenvalue weighted by molar-refractivity contribution is -0.119. The minimum absolute atomic E-state index is 0.187. The lowest BCUT2D eigenvalue weighted by Gasteiger charge is -2.11. The van der Waals surface area contributed by atoms with Crippen LogP contribution in [0.25, 0.3) is 0 Å². The van der Waals surface area contributed by atoms with E-state index in [1.165, 1.54) is 7.11 Å². The minimum Gasteiger partial charge on any atom is -0.465 e. The van der Waals surface area contributed by atoms with Gasteiger partial charge in [-0.3, -0.25) is 4.79 Å². The molecular formula is C18H18N2O3S. The summed E-state index contributed by atoms with van der Waals surface area (Å²) < 4.78 is 4.63. The molecule has 0 unspecified atom stereocenters. The maximum absolute atomic E-state index is 12.0. The fraction of sp³-hybridized carbons (Fsp3) is 0.167. The Labute approximate surface area is 146 Å². The van der Waals surface area contributed by atoms with Crippen molar-refractivity contribution in [2.24, 2.45) is 0 Å². The number of anilines is 1. The summed E-state index contributed by atoms with van der Waals surface area (Å²) in [5.41, 5.74) is 3.13. The number of hydrogen-bond acceptors (Lipinski definition) is 4. The van der Waals surface area contributed by atoms with E-state index < -0.39 is 5.97 Å². The monoisotopic (exact) mass is 342 g/mol. The molecule has 124 valence electrons. The Morgan fingerprint density at radius 1 is 1.08 bits per heavy atom. The van der Waals surface area contributed by atoms with Gasteiger partial charge in [0.05, 0.1) is 19.1 Å². The van der Waals surface area contributed by atoms with Crippen molar-refractivity contribution in [1.82, 2.24) is 5.32 Å². The largest absolute Gasteiger partial charge is 0.465 e. The molecule has 0 aliphatic rings. The molecule has 24 heavy (non-hydrogen) atoms. The van der Waals surface area contributed by atoms with Crippen molar-refractivity contribution in [3.63, 3.8) is 0 Å². The molecular weight excluding hydrogens is 324 g/mol. The molecule has 0 aliphatic heterocycles. The van der Waals surface area contributed by atoms with E-state index in [9.17, 15) is 9.59 Å². The predicted molar refractivity (Wildman–Crippen MR) is 97.0 cm³/mol. The summed E-state index contributed by atoms with van der Waals surface area (Å²) in [4.78, 5) is 23.4. The smallest absolute Gasteiger partial charge is 0.337 e. The number of carbonyl (C=O) groups excluding carboxylic acids is 2. The Kier molecular flexibility index (Phi) is 6.03. The zero-order chi connectivity index (χ0) is 17.5. The molecule has 0 aromatic heterocycles. The number of nitrogens with one attached hydrogen (secondary N) is 2. The van der Waals surface area contributed by atoms with Crippen LogP contribution < -0.4 is 10.6 Å². The van der Waals surface area contributed by atoms with E-state index in [1.54, 1.807) is 24.3 Å². The van der Waals surface area contributed by atoms with Crippen LogP contribution in [-0.4, -0.2) is 24.1 Å². The highest BCUT2D eigenvalue weighted by molar-refractivity contribution is 7.80. The number of hydrogen-bond donors (Lipinski definition) is 2.